The summed E-state index contributed by atoms with van der Waals surface area (Å²) in [5.41, 5.74) is 2.76. The van der Waals surface area contributed by atoms with Gasteiger partial charge in [0, 0.05) is 0 Å². The molecule has 0 bridgehead atoms. The predicted octanol–water partition coefficient (Wildman–Crippen LogP) is 3.38. The van der Waals surface area contributed by atoms with Gasteiger partial charge in [0.2, 0.25) is 0 Å². The average Bonchev–Trinajstić information content (AvgIpc) is 2.34. The molecule has 0 aromatic heterocycles. The highest BCUT2D eigenvalue weighted by Gasteiger charge is 2.17. The molecule has 4 heteroatoms. The topological polar surface area (TPSA) is 43.4 Å². The van der Waals surface area contributed by atoms with E-state index in [-0.39, 0.29) is 4.90 Å². The monoisotopic (exact) mass is 276 g/mol. The van der Waals surface area contributed by atoms with E-state index in [9.17, 15) is 8.42 Å². The molecule has 0 unspecified atom stereocenters. The highest BCUT2D eigenvalue weighted by Crippen LogP contribution is 2.23. The van der Waals surface area contributed by atoms with Gasteiger partial charge >= 0.3 is 10.1 Å². The summed E-state index contributed by atoms with van der Waals surface area (Å²) in [6, 6.07) is 12.1. The van der Waals surface area contributed by atoms with Crippen molar-refractivity contribution in [2.24, 2.45) is 0 Å². The Morgan fingerprint density at radius 3 is 2.05 bits per heavy atom. The fraction of sp³-hybridized carbons (Fsp3) is 0.200. The van der Waals surface area contributed by atoms with Crippen molar-refractivity contribution in [2.75, 3.05) is 0 Å². The lowest BCUT2D eigenvalue weighted by atomic mass is 10.1. The molecule has 0 atom stereocenters. The molecule has 100 valence electrons. The van der Waals surface area contributed by atoms with Crippen molar-refractivity contribution >= 4 is 10.1 Å². The molecule has 0 fully saturated rings. The van der Waals surface area contributed by atoms with Gasteiger partial charge in [0.25, 0.3) is 0 Å². The summed E-state index contributed by atoms with van der Waals surface area (Å²) in [6.45, 7) is 5.62. The molecule has 2 aromatic carbocycles. The lowest BCUT2D eigenvalue weighted by molar-refractivity contribution is 0.484. The fourth-order valence-electron chi connectivity index (χ4n) is 1.67. The quantitative estimate of drug-likeness (QED) is 0.807. The van der Waals surface area contributed by atoms with Crippen LogP contribution in [0.1, 0.15) is 16.7 Å². The van der Waals surface area contributed by atoms with E-state index < -0.39 is 10.1 Å². The highest BCUT2D eigenvalue weighted by molar-refractivity contribution is 7.87. The van der Waals surface area contributed by atoms with Crippen molar-refractivity contribution < 1.29 is 12.6 Å². The molecule has 0 spiro atoms. The Balaban J connectivity index is 2.36. The van der Waals surface area contributed by atoms with E-state index in [1.807, 2.05) is 32.9 Å². The molecule has 2 rings (SSSR count). The standard InChI is InChI=1S/C15H16O3S/c1-11-5-8-14(9-6-11)19(16,17)18-15-10-12(2)4-7-13(15)3/h4-10H,1-3H3. The van der Waals surface area contributed by atoms with Crippen molar-refractivity contribution in [3.63, 3.8) is 0 Å². The average molecular weight is 276 g/mol. The van der Waals surface area contributed by atoms with E-state index in [1.54, 1.807) is 30.3 Å². The summed E-state index contributed by atoms with van der Waals surface area (Å²) in [5.74, 6) is 0.376. The maximum atomic E-state index is 12.2. The number of rotatable bonds is 3. The summed E-state index contributed by atoms with van der Waals surface area (Å²) in [5, 5.41) is 0. The summed E-state index contributed by atoms with van der Waals surface area (Å²) in [4.78, 5) is 0.166. The van der Waals surface area contributed by atoms with Crippen LogP contribution in [-0.4, -0.2) is 8.42 Å². The molecule has 19 heavy (non-hydrogen) atoms. The van der Waals surface area contributed by atoms with Crippen LogP contribution in [0.15, 0.2) is 47.4 Å². The largest absolute Gasteiger partial charge is 0.379 e. The molecule has 0 aliphatic heterocycles. The van der Waals surface area contributed by atoms with Crippen LogP contribution >= 0.6 is 0 Å². The van der Waals surface area contributed by atoms with Crippen molar-refractivity contribution in [1.29, 1.82) is 0 Å². The minimum Gasteiger partial charge on any atom is -0.379 e. The van der Waals surface area contributed by atoms with Gasteiger partial charge in [-0.2, -0.15) is 8.42 Å². The van der Waals surface area contributed by atoms with Crippen molar-refractivity contribution in [2.45, 2.75) is 25.7 Å². The first-order valence-corrected chi connectivity index (χ1v) is 7.38. The van der Waals surface area contributed by atoms with Gasteiger partial charge in [-0.05, 0) is 50.1 Å². The third kappa shape index (κ3) is 3.15. The molecule has 0 aliphatic carbocycles. The Morgan fingerprint density at radius 2 is 1.42 bits per heavy atom. The molecule has 0 heterocycles. The van der Waals surface area contributed by atoms with Gasteiger partial charge in [-0.15, -0.1) is 0 Å². The highest BCUT2D eigenvalue weighted by atomic mass is 32.2. The molecule has 0 aliphatic rings. The van der Waals surface area contributed by atoms with Crippen LogP contribution in [0.25, 0.3) is 0 Å². The van der Waals surface area contributed by atoms with Crippen LogP contribution in [0.5, 0.6) is 5.75 Å². The van der Waals surface area contributed by atoms with Gasteiger partial charge < -0.3 is 4.18 Å². The molecule has 0 radical (unpaired) electrons. The Hall–Kier alpha value is -1.81. The molecule has 3 nitrogen and oxygen atoms in total. The van der Waals surface area contributed by atoms with Crippen molar-refractivity contribution in [1.82, 2.24) is 0 Å². The SMILES string of the molecule is Cc1ccc(S(=O)(=O)Oc2cc(C)ccc2C)cc1. The number of hydrogen-bond acceptors (Lipinski definition) is 3. The van der Waals surface area contributed by atoms with Crippen molar-refractivity contribution in [3.8, 4) is 5.75 Å². The number of benzene rings is 2. The van der Waals surface area contributed by atoms with Crippen LogP contribution in [0, 0.1) is 20.8 Å². The van der Waals surface area contributed by atoms with Crippen LogP contribution in [0.4, 0.5) is 0 Å². The maximum absolute atomic E-state index is 12.2. The molecule has 0 N–H and O–H groups in total. The van der Waals surface area contributed by atoms with Gasteiger partial charge in [-0.25, -0.2) is 0 Å². The minimum atomic E-state index is -3.77. The Labute approximate surface area is 114 Å². The zero-order chi connectivity index (χ0) is 14.0. The van der Waals surface area contributed by atoms with Crippen molar-refractivity contribution in [3.05, 3.63) is 59.2 Å². The normalized spacial score (nSPS) is 11.3. The summed E-state index contributed by atoms with van der Waals surface area (Å²) in [7, 11) is -3.77. The van der Waals surface area contributed by atoms with E-state index >= 15 is 0 Å². The second kappa shape index (κ2) is 5.05. The second-order valence-corrected chi connectivity index (χ2v) is 6.17. The molecular weight excluding hydrogens is 260 g/mol. The predicted molar refractivity (Wildman–Crippen MR) is 74.9 cm³/mol. The fourth-order valence-corrected chi connectivity index (χ4v) is 2.65. The molecule has 2 aromatic rings. The van der Waals surface area contributed by atoms with E-state index in [2.05, 4.69) is 0 Å². The summed E-state index contributed by atoms with van der Waals surface area (Å²) < 4.78 is 29.5. The molecule has 0 amide bonds. The second-order valence-electron chi connectivity index (χ2n) is 4.62. The van der Waals surface area contributed by atoms with Gasteiger partial charge in [0.1, 0.15) is 10.6 Å². The summed E-state index contributed by atoms with van der Waals surface area (Å²) in [6.07, 6.45) is 0. The number of hydrogen-bond donors (Lipinski definition) is 0. The third-order valence-electron chi connectivity index (χ3n) is 2.85. The van der Waals surface area contributed by atoms with E-state index in [1.165, 1.54) is 0 Å². The molecule has 0 saturated heterocycles. The summed E-state index contributed by atoms with van der Waals surface area (Å²) >= 11 is 0. The Kier molecular flexibility index (Phi) is 3.62. The molecular formula is C15H16O3S. The lowest BCUT2D eigenvalue weighted by Crippen LogP contribution is -2.10. The first kappa shape index (κ1) is 13.6. The van der Waals surface area contributed by atoms with E-state index in [0.29, 0.717) is 5.75 Å². The van der Waals surface area contributed by atoms with Gasteiger partial charge in [-0.1, -0.05) is 29.8 Å². The van der Waals surface area contributed by atoms with Crippen LogP contribution in [-0.2, 0) is 10.1 Å². The smallest absolute Gasteiger partial charge is 0.339 e. The van der Waals surface area contributed by atoms with Gasteiger partial charge in [-0.3, -0.25) is 0 Å². The zero-order valence-corrected chi connectivity index (χ0v) is 12.0. The van der Waals surface area contributed by atoms with Crippen LogP contribution in [0.3, 0.4) is 0 Å². The van der Waals surface area contributed by atoms with E-state index in [4.69, 9.17) is 4.18 Å². The lowest BCUT2D eigenvalue weighted by Gasteiger charge is -2.10. The minimum absolute atomic E-state index is 0.166. The van der Waals surface area contributed by atoms with Gasteiger partial charge in [0.05, 0.1) is 0 Å². The molecule has 0 saturated carbocycles. The third-order valence-corrected chi connectivity index (χ3v) is 4.10. The first-order chi connectivity index (χ1) is 8.88. The Morgan fingerprint density at radius 1 is 0.842 bits per heavy atom. The first-order valence-electron chi connectivity index (χ1n) is 5.97. The Bertz CT molecular complexity index is 686. The number of aryl methyl sites for hydroxylation is 3. The zero-order valence-electron chi connectivity index (χ0n) is 11.2. The van der Waals surface area contributed by atoms with Crippen LogP contribution < -0.4 is 4.18 Å². The maximum Gasteiger partial charge on any atom is 0.339 e. The van der Waals surface area contributed by atoms with E-state index in [0.717, 1.165) is 16.7 Å². The van der Waals surface area contributed by atoms with Gasteiger partial charge in [0.15, 0.2) is 0 Å². The van der Waals surface area contributed by atoms with Crippen LogP contribution in [0.2, 0.25) is 0 Å².